The second-order valence-corrected chi connectivity index (χ2v) is 6.04. The van der Waals surface area contributed by atoms with Crippen molar-refractivity contribution < 1.29 is 0 Å². The minimum atomic E-state index is 0.867. The Labute approximate surface area is 126 Å². The van der Waals surface area contributed by atoms with E-state index < -0.39 is 0 Å². The molecule has 102 valence electrons. The molecule has 0 fully saturated rings. The van der Waals surface area contributed by atoms with Gasteiger partial charge in [0, 0.05) is 15.8 Å². The molecule has 2 aromatic heterocycles. The minimum Gasteiger partial charge on any atom is -0.339 e. The minimum absolute atomic E-state index is 0.867. The van der Waals surface area contributed by atoms with Gasteiger partial charge in [-0.2, -0.15) is 0 Å². The molecule has 0 radical (unpaired) electrons. The predicted octanol–water partition coefficient (Wildman–Crippen LogP) is 4.90. The van der Waals surface area contributed by atoms with Gasteiger partial charge in [-0.05, 0) is 30.7 Å². The van der Waals surface area contributed by atoms with Crippen LogP contribution in [0.4, 0.5) is 11.5 Å². The van der Waals surface area contributed by atoms with Crippen LogP contribution in [-0.4, -0.2) is 9.97 Å². The Kier molecular flexibility index (Phi) is 2.82. The Morgan fingerprint density at radius 1 is 1.00 bits per heavy atom. The van der Waals surface area contributed by atoms with Crippen molar-refractivity contribution in [3.05, 3.63) is 60.4 Å². The maximum Gasteiger partial charge on any atom is 0.151 e. The van der Waals surface area contributed by atoms with Gasteiger partial charge in [0.05, 0.1) is 10.2 Å². The lowest BCUT2D eigenvalue weighted by molar-refractivity contribution is 1.23. The lowest BCUT2D eigenvalue weighted by Gasteiger charge is -2.06. The van der Waals surface area contributed by atoms with Gasteiger partial charge in [0.1, 0.15) is 6.33 Å². The molecule has 0 atom stereocenters. The highest BCUT2D eigenvalue weighted by atomic mass is 32.1. The molecule has 0 unspecified atom stereocenters. The third-order valence-electron chi connectivity index (χ3n) is 3.44. The molecule has 0 saturated carbocycles. The molecule has 3 nitrogen and oxygen atoms in total. The van der Waals surface area contributed by atoms with Crippen LogP contribution in [0.15, 0.2) is 54.9 Å². The van der Waals surface area contributed by atoms with Crippen molar-refractivity contribution in [2.24, 2.45) is 0 Å². The highest BCUT2D eigenvalue weighted by molar-refractivity contribution is 7.26. The van der Waals surface area contributed by atoms with E-state index in [-0.39, 0.29) is 0 Å². The summed E-state index contributed by atoms with van der Waals surface area (Å²) in [7, 11) is 0. The number of hydrogen-bond acceptors (Lipinski definition) is 4. The summed E-state index contributed by atoms with van der Waals surface area (Å²) in [6.45, 7) is 2.08. The molecule has 0 saturated heterocycles. The second-order valence-electron chi connectivity index (χ2n) is 4.99. The van der Waals surface area contributed by atoms with Gasteiger partial charge < -0.3 is 5.32 Å². The highest BCUT2D eigenvalue weighted by Crippen LogP contribution is 2.36. The number of aryl methyl sites for hydroxylation is 1. The fourth-order valence-corrected chi connectivity index (χ4v) is 3.57. The zero-order valence-corrected chi connectivity index (χ0v) is 12.3. The number of fused-ring (bicyclic) bond motifs is 3. The molecule has 0 aliphatic rings. The molecule has 0 amide bonds. The SMILES string of the molecule is Cc1cccc(Nc2ncnc3c2sc2ccccc23)c1. The smallest absolute Gasteiger partial charge is 0.151 e. The van der Waals surface area contributed by atoms with Crippen molar-refractivity contribution in [2.75, 3.05) is 5.32 Å². The van der Waals surface area contributed by atoms with E-state index in [2.05, 4.69) is 52.5 Å². The first-order chi connectivity index (χ1) is 10.3. The molecule has 0 aliphatic heterocycles. The van der Waals surface area contributed by atoms with Gasteiger partial charge in [-0.15, -0.1) is 11.3 Å². The Balaban J connectivity index is 1.89. The predicted molar refractivity (Wildman–Crippen MR) is 89.4 cm³/mol. The molecular weight excluding hydrogens is 278 g/mol. The third-order valence-corrected chi connectivity index (χ3v) is 4.61. The molecule has 0 aliphatic carbocycles. The zero-order chi connectivity index (χ0) is 14.2. The topological polar surface area (TPSA) is 37.8 Å². The number of rotatable bonds is 2. The Bertz CT molecular complexity index is 943. The van der Waals surface area contributed by atoms with E-state index in [4.69, 9.17) is 0 Å². The van der Waals surface area contributed by atoms with E-state index in [1.807, 2.05) is 18.2 Å². The van der Waals surface area contributed by atoms with Crippen LogP contribution in [0.2, 0.25) is 0 Å². The van der Waals surface area contributed by atoms with Crippen LogP contribution in [0.3, 0.4) is 0 Å². The molecular formula is C17H13N3S. The lowest BCUT2D eigenvalue weighted by atomic mass is 10.2. The standard InChI is InChI=1S/C17H13N3S/c1-11-5-4-6-12(9-11)20-17-16-15(18-10-19-17)13-7-2-3-8-14(13)21-16/h2-10H,1H3,(H,18,19,20). The van der Waals surface area contributed by atoms with E-state index in [1.54, 1.807) is 17.7 Å². The molecule has 4 heteroatoms. The van der Waals surface area contributed by atoms with Gasteiger partial charge in [0.15, 0.2) is 5.82 Å². The largest absolute Gasteiger partial charge is 0.339 e. The monoisotopic (exact) mass is 291 g/mol. The first-order valence-corrected chi connectivity index (χ1v) is 7.59. The van der Waals surface area contributed by atoms with Crippen molar-refractivity contribution in [1.29, 1.82) is 0 Å². The number of thiophene rings is 1. The van der Waals surface area contributed by atoms with Crippen molar-refractivity contribution in [3.8, 4) is 0 Å². The highest BCUT2D eigenvalue weighted by Gasteiger charge is 2.10. The summed E-state index contributed by atoms with van der Waals surface area (Å²) < 4.78 is 2.33. The van der Waals surface area contributed by atoms with Crippen molar-refractivity contribution >= 4 is 43.1 Å². The van der Waals surface area contributed by atoms with Crippen LogP contribution >= 0.6 is 11.3 Å². The molecule has 0 spiro atoms. The zero-order valence-electron chi connectivity index (χ0n) is 11.5. The molecule has 4 rings (SSSR count). The number of benzene rings is 2. The average molecular weight is 291 g/mol. The summed E-state index contributed by atoms with van der Waals surface area (Å²) in [6.07, 6.45) is 1.62. The summed E-state index contributed by atoms with van der Waals surface area (Å²) >= 11 is 1.72. The van der Waals surface area contributed by atoms with E-state index in [0.717, 1.165) is 21.7 Å². The van der Waals surface area contributed by atoms with Crippen molar-refractivity contribution in [2.45, 2.75) is 6.92 Å². The number of anilines is 2. The summed E-state index contributed by atoms with van der Waals surface area (Å²) in [5.41, 5.74) is 3.29. The average Bonchev–Trinajstić information content (AvgIpc) is 2.87. The van der Waals surface area contributed by atoms with Gasteiger partial charge in [-0.1, -0.05) is 30.3 Å². The fraction of sp³-hybridized carbons (Fsp3) is 0.0588. The molecule has 4 aromatic rings. The van der Waals surface area contributed by atoms with Crippen LogP contribution in [0.25, 0.3) is 20.3 Å². The van der Waals surface area contributed by atoms with Gasteiger partial charge in [0.2, 0.25) is 0 Å². The van der Waals surface area contributed by atoms with Gasteiger partial charge in [-0.25, -0.2) is 9.97 Å². The lowest BCUT2D eigenvalue weighted by Crippen LogP contribution is -1.94. The quantitative estimate of drug-likeness (QED) is 0.571. The van der Waals surface area contributed by atoms with E-state index >= 15 is 0 Å². The molecule has 0 bridgehead atoms. The maximum atomic E-state index is 4.45. The fourth-order valence-electron chi connectivity index (χ4n) is 2.47. The third kappa shape index (κ3) is 2.14. The molecule has 21 heavy (non-hydrogen) atoms. The second kappa shape index (κ2) is 4.82. The van der Waals surface area contributed by atoms with Crippen LogP contribution in [-0.2, 0) is 0 Å². The Hall–Kier alpha value is -2.46. The van der Waals surface area contributed by atoms with Gasteiger partial charge in [0.25, 0.3) is 0 Å². The van der Waals surface area contributed by atoms with Crippen LogP contribution < -0.4 is 5.32 Å². The Morgan fingerprint density at radius 2 is 1.90 bits per heavy atom. The van der Waals surface area contributed by atoms with E-state index in [1.165, 1.54) is 15.6 Å². The normalized spacial score (nSPS) is 11.1. The maximum absolute atomic E-state index is 4.45. The summed E-state index contributed by atoms with van der Waals surface area (Å²) in [5.74, 6) is 0.867. The Morgan fingerprint density at radius 3 is 2.81 bits per heavy atom. The van der Waals surface area contributed by atoms with Crippen LogP contribution in [0.1, 0.15) is 5.56 Å². The number of nitrogens with zero attached hydrogens (tertiary/aromatic N) is 2. The van der Waals surface area contributed by atoms with Gasteiger partial charge in [-0.3, -0.25) is 0 Å². The molecule has 1 N–H and O–H groups in total. The summed E-state index contributed by atoms with van der Waals surface area (Å²) in [5, 5.41) is 4.60. The van der Waals surface area contributed by atoms with Crippen LogP contribution in [0, 0.1) is 6.92 Å². The number of hydrogen-bond donors (Lipinski definition) is 1. The van der Waals surface area contributed by atoms with Crippen LogP contribution in [0.5, 0.6) is 0 Å². The van der Waals surface area contributed by atoms with E-state index in [9.17, 15) is 0 Å². The number of aromatic nitrogens is 2. The summed E-state index contributed by atoms with van der Waals surface area (Å²) in [4.78, 5) is 8.86. The van der Waals surface area contributed by atoms with Crippen molar-refractivity contribution in [3.63, 3.8) is 0 Å². The first kappa shape index (κ1) is 12.3. The number of nitrogens with one attached hydrogen (secondary N) is 1. The first-order valence-electron chi connectivity index (χ1n) is 6.77. The summed E-state index contributed by atoms with van der Waals surface area (Å²) in [6, 6.07) is 16.6. The molecule has 2 heterocycles. The molecule has 2 aromatic carbocycles. The van der Waals surface area contributed by atoms with Crippen molar-refractivity contribution in [1.82, 2.24) is 9.97 Å². The van der Waals surface area contributed by atoms with Gasteiger partial charge >= 0.3 is 0 Å². The van der Waals surface area contributed by atoms with E-state index in [0.29, 0.717) is 0 Å².